The van der Waals surface area contributed by atoms with Crippen molar-refractivity contribution in [2.75, 3.05) is 7.11 Å². The van der Waals surface area contributed by atoms with Crippen molar-refractivity contribution in [1.29, 1.82) is 0 Å². The minimum Gasteiger partial charge on any atom is -0.481 e. The molecular weight excluding hydrogens is 206 g/mol. The van der Waals surface area contributed by atoms with Crippen molar-refractivity contribution in [1.82, 2.24) is 5.32 Å². The van der Waals surface area contributed by atoms with E-state index < -0.39 is 36.4 Å². The van der Waals surface area contributed by atoms with E-state index in [0.29, 0.717) is 0 Å². The Morgan fingerprint density at radius 2 is 1.87 bits per heavy atom. The molecule has 0 aliphatic heterocycles. The van der Waals surface area contributed by atoms with E-state index in [4.69, 9.17) is 10.2 Å². The van der Waals surface area contributed by atoms with E-state index in [1.54, 1.807) is 0 Å². The van der Waals surface area contributed by atoms with Crippen LogP contribution >= 0.6 is 0 Å². The second-order valence-corrected chi connectivity index (χ2v) is 2.88. The van der Waals surface area contributed by atoms with E-state index in [0.717, 1.165) is 0 Å². The molecule has 0 aromatic rings. The number of hydrogen-bond donors (Lipinski definition) is 3. The molecule has 1 amide bonds. The summed E-state index contributed by atoms with van der Waals surface area (Å²) in [6.07, 6.45) is -1.49. The van der Waals surface area contributed by atoms with Crippen LogP contribution in [0.2, 0.25) is 0 Å². The highest BCUT2D eigenvalue weighted by atomic mass is 16.5. The predicted molar refractivity (Wildman–Crippen MR) is 48.3 cm³/mol. The number of carbonyl (C=O) groups is 3. The number of nitrogens with one attached hydrogen (secondary N) is 1. The van der Waals surface area contributed by atoms with Crippen molar-refractivity contribution in [3.8, 4) is 0 Å². The van der Waals surface area contributed by atoms with Gasteiger partial charge in [-0.3, -0.25) is 9.59 Å². The van der Waals surface area contributed by atoms with E-state index in [2.05, 4.69) is 10.1 Å². The minimum atomic E-state index is -1.44. The van der Waals surface area contributed by atoms with Gasteiger partial charge in [-0.15, -0.1) is 0 Å². The van der Waals surface area contributed by atoms with Crippen LogP contribution in [0.15, 0.2) is 0 Å². The first-order valence-corrected chi connectivity index (χ1v) is 4.16. The average Bonchev–Trinajstić information content (AvgIpc) is 2.14. The highest BCUT2D eigenvalue weighted by molar-refractivity contribution is 5.88. The van der Waals surface area contributed by atoms with E-state index in [9.17, 15) is 14.4 Å². The van der Waals surface area contributed by atoms with E-state index >= 15 is 0 Å². The molecule has 7 nitrogen and oxygen atoms in total. The molecular formula is C8H13NO6. The van der Waals surface area contributed by atoms with Crippen molar-refractivity contribution in [3.63, 3.8) is 0 Å². The third kappa shape index (κ3) is 4.96. The molecule has 1 unspecified atom stereocenters. The van der Waals surface area contributed by atoms with E-state index in [1.165, 1.54) is 14.0 Å². The monoisotopic (exact) mass is 219 g/mol. The molecule has 15 heavy (non-hydrogen) atoms. The lowest BCUT2D eigenvalue weighted by molar-refractivity contribution is -0.148. The zero-order valence-corrected chi connectivity index (χ0v) is 8.39. The number of ether oxygens (including phenoxy) is 1. The molecule has 0 aliphatic rings. The quantitative estimate of drug-likeness (QED) is 0.531. The van der Waals surface area contributed by atoms with Gasteiger partial charge >= 0.3 is 11.9 Å². The average molecular weight is 219 g/mol. The molecule has 0 rings (SSSR count). The number of hydrogen-bond acceptors (Lipinski definition) is 4. The smallest absolute Gasteiger partial charge is 0.326 e. The van der Waals surface area contributed by atoms with Crippen molar-refractivity contribution in [2.45, 2.75) is 25.5 Å². The number of carboxylic acids is 2. The zero-order chi connectivity index (χ0) is 12.0. The summed E-state index contributed by atoms with van der Waals surface area (Å²) in [4.78, 5) is 32.0. The molecule has 0 radical (unpaired) electrons. The van der Waals surface area contributed by atoms with E-state index in [1.807, 2.05) is 0 Å². The Morgan fingerprint density at radius 3 is 2.20 bits per heavy atom. The maximum Gasteiger partial charge on any atom is 0.326 e. The van der Waals surface area contributed by atoms with Crippen LogP contribution in [-0.4, -0.2) is 47.3 Å². The van der Waals surface area contributed by atoms with Crippen LogP contribution < -0.4 is 5.32 Å². The fraction of sp³-hybridized carbons (Fsp3) is 0.625. The maximum absolute atomic E-state index is 11.2. The summed E-state index contributed by atoms with van der Waals surface area (Å²) in [5.74, 6) is -3.35. The number of rotatable bonds is 6. The van der Waals surface area contributed by atoms with Gasteiger partial charge in [-0.25, -0.2) is 4.79 Å². The summed E-state index contributed by atoms with van der Waals surface area (Å²) in [5, 5.41) is 19.1. The van der Waals surface area contributed by atoms with Gasteiger partial charge in [0.1, 0.15) is 12.1 Å². The second kappa shape index (κ2) is 5.97. The van der Waals surface area contributed by atoms with Crippen LogP contribution in [0.4, 0.5) is 0 Å². The number of methoxy groups -OCH3 is 1. The van der Waals surface area contributed by atoms with Gasteiger partial charge in [0.2, 0.25) is 5.91 Å². The summed E-state index contributed by atoms with van der Waals surface area (Å²) < 4.78 is 4.65. The molecule has 3 N–H and O–H groups in total. The Kier molecular flexibility index (Phi) is 5.32. The Hall–Kier alpha value is -1.63. The Labute approximate surface area is 86.0 Å². The molecule has 0 heterocycles. The zero-order valence-electron chi connectivity index (χ0n) is 8.39. The normalized spacial score (nSPS) is 14.0. The molecule has 0 saturated heterocycles. The van der Waals surface area contributed by atoms with Gasteiger partial charge in [-0.05, 0) is 6.92 Å². The third-order valence-electron chi connectivity index (χ3n) is 1.72. The summed E-state index contributed by atoms with van der Waals surface area (Å²) in [6.45, 7) is 1.43. The van der Waals surface area contributed by atoms with Gasteiger partial charge in [-0.2, -0.15) is 0 Å². The lowest BCUT2D eigenvalue weighted by Gasteiger charge is -2.15. The van der Waals surface area contributed by atoms with Gasteiger partial charge in [-0.1, -0.05) is 0 Å². The molecule has 0 saturated carbocycles. The summed E-state index contributed by atoms with van der Waals surface area (Å²) >= 11 is 0. The van der Waals surface area contributed by atoms with Crippen molar-refractivity contribution >= 4 is 17.8 Å². The van der Waals surface area contributed by atoms with Crippen molar-refractivity contribution < 1.29 is 29.3 Å². The lowest BCUT2D eigenvalue weighted by atomic mass is 10.2. The molecule has 0 aromatic carbocycles. The SMILES string of the molecule is COC(C)C(=O)N[C@H](CC(=O)O)C(=O)O. The van der Waals surface area contributed by atoms with Gasteiger partial charge < -0.3 is 20.3 Å². The second-order valence-electron chi connectivity index (χ2n) is 2.88. The summed E-state index contributed by atoms with van der Waals surface area (Å²) in [5.41, 5.74) is 0. The van der Waals surface area contributed by atoms with Gasteiger partial charge in [0.25, 0.3) is 0 Å². The Morgan fingerprint density at radius 1 is 1.33 bits per heavy atom. The van der Waals surface area contributed by atoms with Crippen molar-refractivity contribution in [2.24, 2.45) is 0 Å². The van der Waals surface area contributed by atoms with Gasteiger partial charge in [0.05, 0.1) is 6.42 Å². The number of amides is 1. The number of carboxylic acid groups (broad SMARTS) is 2. The molecule has 0 fully saturated rings. The molecule has 86 valence electrons. The standard InChI is InChI=1S/C8H13NO6/c1-4(15-2)7(12)9-5(8(13)14)3-6(10)11/h4-5H,3H2,1-2H3,(H,9,12)(H,10,11)(H,13,14)/t4?,5-/m1/s1. The van der Waals surface area contributed by atoms with Crippen LogP contribution in [0, 0.1) is 0 Å². The van der Waals surface area contributed by atoms with Crippen molar-refractivity contribution in [3.05, 3.63) is 0 Å². The first kappa shape index (κ1) is 13.4. The summed E-state index contributed by atoms with van der Waals surface area (Å²) in [6, 6.07) is -1.44. The van der Waals surface area contributed by atoms with Crippen LogP contribution in [0.5, 0.6) is 0 Å². The van der Waals surface area contributed by atoms with Crippen LogP contribution in [0.1, 0.15) is 13.3 Å². The fourth-order valence-corrected chi connectivity index (χ4v) is 0.771. The topological polar surface area (TPSA) is 113 Å². The molecule has 7 heteroatoms. The third-order valence-corrected chi connectivity index (χ3v) is 1.72. The minimum absolute atomic E-state index is 0.661. The molecule has 0 spiro atoms. The first-order chi connectivity index (χ1) is 6.88. The Bertz CT molecular complexity index is 264. The van der Waals surface area contributed by atoms with Crippen LogP contribution in [0.25, 0.3) is 0 Å². The molecule has 2 atom stereocenters. The highest BCUT2D eigenvalue weighted by Gasteiger charge is 2.24. The maximum atomic E-state index is 11.2. The van der Waals surface area contributed by atoms with Crippen LogP contribution in [0.3, 0.4) is 0 Å². The largest absolute Gasteiger partial charge is 0.481 e. The Balaban J connectivity index is 4.35. The highest BCUT2D eigenvalue weighted by Crippen LogP contribution is 1.95. The van der Waals surface area contributed by atoms with E-state index in [-0.39, 0.29) is 0 Å². The molecule has 0 aliphatic carbocycles. The fourth-order valence-electron chi connectivity index (χ4n) is 0.771. The van der Waals surface area contributed by atoms with Gasteiger partial charge in [0, 0.05) is 7.11 Å². The summed E-state index contributed by atoms with van der Waals surface area (Å²) in [7, 11) is 1.29. The molecule has 0 bridgehead atoms. The number of aliphatic carboxylic acids is 2. The van der Waals surface area contributed by atoms with Crippen LogP contribution in [-0.2, 0) is 19.1 Å². The lowest BCUT2D eigenvalue weighted by Crippen LogP contribution is -2.46. The first-order valence-electron chi connectivity index (χ1n) is 4.16. The number of carbonyl (C=O) groups excluding carboxylic acids is 1. The predicted octanol–water partition coefficient (Wildman–Crippen LogP) is -0.935. The van der Waals surface area contributed by atoms with Gasteiger partial charge in [0.15, 0.2) is 0 Å². The molecule has 0 aromatic heterocycles.